The third-order valence-electron chi connectivity index (χ3n) is 5.07. The van der Waals surface area contributed by atoms with E-state index in [1.807, 2.05) is 0 Å². The summed E-state index contributed by atoms with van der Waals surface area (Å²) in [5.41, 5.74) is -3.76. The highest BCUT2D eigenvalue weighted by molar-refractivity contribution is 5.92. The third-order valence-corrected chi connectivity index (χ3v) is 5.07. The van der Waals surface area contributed by atoms with Gasteiger partial charge in [0.05, 0.1) is 13.2 Å². The van der Waals surface area contributed by atoms with Crippen molar-refractivity contribution in [2.24, 2.45) is 10.2 Å². The smallest absolute Gasteiger partial charge is 0.335 e. The maximum absolute atomic E-state index is 12.7. The number of carbonyl (C=O) groups is 4. The van der Waals surface area contributed by atoms with Crippen molar-refractivity contribution in [3.8, 4) is 0 Å². The zero-order valence-corrected chi connectivity index (χ0v) is 21.4. The topological polar surface area (TPSA) is 176 Å². The predicted molar refractivity (Wildman–Crippen MR) is 123 cm³/mol. The molecule has 0 aromatic rings. The minimum atomic E-state index is -1.35. The molecular formula is C22H40N4O8. The molecule has 0 spiro atoms. The fourth-order valence-electron chi connectivity index (χ4n) is 2.49. The van der Waals surface area contributed by atoms with Crippen LogP contribution in [-0.4, -0.2) is 89.0 Å². The second-order valence-corrected chi connectivity index (χ2v) is 9.11. The molecule has 0 bridgehead atoms. The lowest BCUT2D eigenvalue weighted by Crippen LogP contribution is -2.48. The normalized spacial score (nSPS) is 15.8. The van der Waals surface area contributed by atoms with Crippen molar-refractivity contribution in [1.29, 1.82) is 0 Å². The maximum Gasteiger partial charge on any atom is 0.335 e. The Morgan fingerprint density at radius 2 is 1.38 bits per heavy atom. The number of ketones is 1. The van der Waals surface area contributed by atoms with Gasteiger partial charge in [-0.05, 0) is 54.9 Å². The van der Waals surface area contributed by atoms with Gasteiger partial charge in [-0.1, -0.05) is 6.92 Å². The first-order valence-corrected chi connectivity index (χ1v) is 11.2. The van der Waals surface area contributed by atoms with Crippen LogP contribution in [0.4, 0.5) is 0 Å². The molecular weight excluding hydrogens is 448 g/mol. The summed E-state index contributed by atoms with van der Waals surface area (Å²) in [5, 5.41) is 31.2. The molecule has 0 rings (SSSR count). The molecule has 3 unspecified atom stereocenters. The Labute approximate surface area is 200 Å². The first kappa shape index (κ1) is 31.6. The number of hydrogen-bond donors (Lipinski definition) is 4. The zero-order valence-electron chi connectivity index (χ0n) is 21.4. The van der Waals surface area contributed by atoms with Crippen LogP contribution in [0.2, 0.25) is 0 Å². The molecule has 12 nitrogen and oxygen atoms in total. The quantitative estimate of drug-likeness (QED) is 0.144. The lowest BCUT2D eigenvalue weighted by molar-refractivity contribution is -0.169. The molecule has 0 saturated carbocycles. The van der Waals surface area contributed by atoms with Crippen molar-refractivity contribution in [2.75, 3.05) is 26.3 Å². The van der Waals surface area contributed by atoms with Gasteiger partial charge in [-0.3, -0.25) is 14.4 Å². The first-order chi connectivity index (χ1) is 15.5. The molecule has 2 amide bonds. The molecule has 0 aliphatic heterocycles. The monoisotopic (exact) mass is 488 g/mol. The SMILES string of the molecule is CCC(C)(OCCNC(=O)C(C)(C)N=NC(C)(C)C(=O)NCCO)C(=O)C(C)OC(=O)C(C)O. The summed E-state index contributed by atoms with van der Waals surface area (Å²) in [5.74, 6) is -2.27. The number of aliphatic hydroxyl groups is 2. The summed E-state index contributed by atoms with van der Waals surface area (Å²) in [6.45, 7) is 12.0. The number of amides is 2. The van der Waals surface area contributed by atoms with Crippen LogP contribution < -0.4 is 10.6 Å². The van der Waals surface area contributed by atoms with Crippen molar-refractivity contribution < 1.29 is 38.9 Å². The average Bonchev–Trinajstić information content (AvgIpc) is 2.77. The van der Waals surface area contributed by atoms with Crippen LogP contribution in [0.25, 0.3) is 0 Å². The Morgan fingerprint density at radius 3 is 1.79 bits per heavy atom. The largest absolute Gasteiger partial charge is 0.453 e. The maximum atomic E-state index is 12.7. The number of aliphatic hydroxyl groups excluding tert-OH is 2. The number of Topliss-reactive ketones (excluding diaryl/α,β-unsaturated/α-hetero) is 1. The molecule has 0 aromatic carbocycles. The van der Waals surface area contributed by atoms with Crippen molar-refractivity contribution >= 4 is 23.6 Å². The van der Waals surface area contributed by atoms with E-state index in [9.17, 15) is 24.3 Å². The Morgan fingerprint density at radius 1 is 0.912 bits per heavy atom. The number of nitrogens with one attached hydrogen (secondary N) is 2. The van der Waals surface area contributed by atoms with Crippen molar-refractivity contribution in [3.05, 3.63) is 0 Å². The predicted octanol–water partition coefficient (Wildman–Crippen LogP) is 0.287. The Bertz CT molecular complexity index is 751. The summed E-state index contributed by atoms with van der Waals surface area (Å²) < 4.78 is 10.7. The van der Waals surface area contributed by atoms with Gasteiger partial charge in [0.2, 0.25) is 17.6 Å². The number of nitrogens with zero attached hydrogens (tertiary/aromatic N) is 2. The zero-order chi connectivity index (χ0) is 26.7. The number of ether oxygens (including phenoxy) is 2. The van der Waals surface area contributed by atoms with Crippen molar-refractivity contribution in [3.63, 3.8) is 0 Å². The Kier molecular flexibility index (Phi) is 12.5. The minimum absolute atomic E-state index is 0.00116. The van der Waals surface area contributed by atoms with E-state index in [2.05, 4.69) is 20.9 Å². The van der Waals surface area contributed by atoms with Gasteiger partial charge in [0.15, 0.2) is 17.2 Å². The molecule has 12 heteroatoms. The van der Waals surface area contributed by atoms with Gasteiger partial charge in [-0.2, -0.15) is 10.2 Å². The molecule has 0 heterocycles. The molecule has 34 heavy (non-hydrogen) atoms. The minimum Gasteiger partial charge on any atom is -0.453 e. The molecule has 0 aliphatic rings. The molecule has 0 aromatic heterocycles. The molecule has 3 atom stereocenters. The van der Waals surface area contributed by atoms with E-state index < -0.39 is 52.5 Å². The third kappa shape index (κ3) is 9.82. The van der Waals surface area contributed by atoms with Gasteiger partial charge >= 0.3 is 5.97 Å². The highest BCUT2D eigenvalue weighted by atomic mass is 16.6. The number of hydrogen-bond acceptors (Lipinski definition) is 10. The van der Waals surface area contributed by atoms with Crippen molar-refractivity contribution in [1.82, 2.24) is 10.6 Å². The number of azo groups is 1. The summed E-state index contributed by atoms with van der Waals surface area (Å²) in [7, 11) is 0. The van der Waals surface area contributed by atoms with Crippen molar-refractivity contribution in [2.45, 2.75) is 90.7 Å². The van der Waals surface area contributed by atoms with Gasteiger partial charge in [-0.15, -0.1) is 0 Å². The van der Waals surface area contributed by atoms with E-state index in [1.165, 1.54) is 41.5 Å². The van der Waals surface area contributed by atoms with Crippen LogP contribution in [0.3, 0.4) is 0 Å². The van der Waals surface area contributed by atoms with Gasteiger partial charge in [0.1, 0.15) is 11.7 Å². The molecule has 0 fully saturated rings. The number of rotatable bonds is 15. The molecule has 0 aliphatic carbocycles. The average molecular weight is 489 g/mol. The van der Waals surface area contributed by atoms with E-state index in [0.29, 0.717) is 6.42 Å². The fourth-order valence-corrected chi connectivity index (χ4v) is 2.49. The lowest BCUT2D eigenvalue weighted by atomic mass is 9.94. The van der Waals surface area contributed by atoms with Crippen LogP contribution >= 0.6 is 0 Å². The van der Waals surface area contributed by atoms with E-state index in [1.54, 1.807) is 13.8 Å². The molecule has 196 valence electrons. The summed E-state index contributed by atoms with van der Waals surface area (Å²) in [4.78, 5) is 48.9. The lowest BCUT2D eigenvalue weighted by Gasteiger charge is -2.30. The molecule has 0 radical (unpaired) electrons. The molecule has 0 saturated heterocycles. The highest BCUT2D eigenvalue weighted by Gasteiger charge is 2.38. The standard InChI is InChI=1S/C22H40N4O8/c1-9-22(8,16(29)15(3)34-17(30)14(2)28)33-13-11-24-19(32)21(6,7)26-25-20(4,5)18(31)23-10-12-27/h14-15,27-28H,9-13H2,1-8H3,(H,23,31)(H,24,32). The highest BCUT2D eigenvalue weighted by Crippen LogP contribution is 2.20. The fraction of sp³-hybridized carbons (Fsp3) is 0.818. The van der Waals surface area contributed by atoms with Crippen LogP contribution in [0.1, 0.15) is 61.8 Å². The van der Waals surface area contributed by atoms with Crippen LogP contribution in [0, 0.1) is 0 Å². The molecule has 4 N–H and O–H groups in total. The second kappa shape index (κ2) is 13.4. The Balaban J connectivity index is 4.89. The van der Waals surface area contributed by atoms with E-state index in [4.69, 9.17) is 14.6 Å². The van der Waals surface area contributed by atoms with E-state index >= 15 is 0 Å². The van der Waals surface area contributed by atoms with Gasteiger partial charge in [-0.25, -0.2) is 4.79 Å². The second-order valence-electron chi connectivity index (χ2n) is 9.11. The number of esters is 1. The van der Waals surface area contributed by atoms with E-state index in [0.717, 1.165) is 0 Å². The van der Waals surface area contributed by atoms with Gasteiger partial charge in [0.25, 0.3) is 0 Å². The summed E-state index contributed by atoms with van der Waals surface area (Å²) in [6, 6.07) is 0. The first-order valence-electron chi connectivity index (χ1n) is 11.2. The Hall–Kier alpha value is -2.44. The summed E-state index contributed by atoms with van der Waals surface area (Å²) in [6.07, 6.45) is -2.16. The van der Waals surface area contributed by atoms with Crippen LogP contribution in [-0.2, 0) is 28.7 Å². The summed E-state index contributed by atoms with van der Waals surface area (Å²) >= 11 is 0. The number of carbonyl (C=O) groups excluding carboxylic acids is 4. The van der Waals surface area contributed by atoms with E-state index in [-0.39, 0.29) is 26.3 Å². The van der Waals surface area contributed by atoms with Crippen LogP contribution in [0.15, 0.2) is 10.2 Å². The van der Waals surface area contributed by atoms with Crippen LogP contribution in [0.5, 0.6) is 0 Å². The van der Waals surface area contributed by atoms with Gasteiger partial charge in [0, 0.05) is 13.1 Å². The van der Waals surface area contributed by atoms with Gasteiger partial charge < -0.3 is 30.3 Å².